The molecule has 3 heterocycles. The van der Waals surface area contributed by atoms with Gasteiger partial charge in [-0.05, 0) is 47.4 Å². The molecule has 0 N–H and O–H groups in total. The maximum Gasteiger partial charge on any atom is 0.257 e. The summed E-state index contributed by atoms with van der Waals surface area (Å²) in [5.74, 6) is 0.347. The zero-order valence-corrected chi connectivity index (χ0v) is 16.5. The van der Waals surface area contributed by atoms with E-state index in [1.54, 1.807) is 18.4 Å². The SMILES string of the molecule is O=C(CN1CCc2ccccc2C1)N1N=C(c2ccc(F)cc2)CC1c1ccco1. The predicted molar refractivity (Wildman–Crippen MR) is 111 cm³/mol. The molecule has 6 heteroatoms. The highest BCUT2D eigenvalue weighted by Crippen LogP contribution is 2.33. The van der Waals surface area contributed by atoms with Crippen LogP contribution in [0.5, 0.6) is 0 Å². The lowest BCUT2D eigenvalue weighted by atomic mass is 10.00. The molecule has 0 fully saturated rings. The lowest BCUT2D eigenvalue weighted by molar-refractivity contribution is -0.134. The summed E-state index contributed by atoms with van der Waals surface area (Å²) in [6, 6.07) is 18.0. The molecular weight excluding hydrogens is 381 g/mol. The van der Waals surface area contributed by atoms with Crippen LogP contribution >= 0.6 is 0 Å². The standard InChI is InChI=1S/C24H22FN3O2/c25-20-9-7-18(8-10-20)21-14-22(23-6-3-13-30-23)28(26-21)24(29)16-27-12-11-17-4-1-2-5-19(17)15-27/h1-10,13,22H,11-12,14-16H2. The molecule has 5 rings (SSSR count). The number of carbonyl (C=O) groups excluding carboxylic acids is 1. The Bertz CT molecular complexity index is 1080. The van der Waals surface area contributed by atoms with Gasteiger partial charge in [0.15, 0.2) is 0 Å². The van der Waals surface area contributed by atoms with Gasteiger partial charge < -0.3 is 4.42 Å². The van der Waals surface area contributed by atoms with Gasteiger partial charge in [-0.25, -0.2) is 9.40 Å². The van der Waals surface area contributed by atoms with Crippen LogP contribution in [-0.2, 0) is 17.8 Å². The summed E-state index contributed by atoms with van der Waals surface area (Å²) in [6.07, 6.45) is 3.08. The molecule has 152 valence electrons. The molecular formula is C24H22FN3O2. The molecule has 0 aliphatic carbocycles. The van der Waals surface area contributed by atoms with E-state index in [9.17, 15) is 9.18 Å². The number of carbonyl (C=O) groups is 1. The Labute approximate surface area is 174 Å². The summed E-state index contributed by atoms with van der Waals surface area (Å²) in [5, 5.41) is 6.17. The first kappa shape index (κ1) is 18.8. The second kappa shape index (κ2) is 7.88. The highest BCUT2D eigenvalue weighted by Gasteiger charge is 2.35. The average molecular weight is 403 g/mol. The normalized spacial score (nSPS) is 18.9. The number of rotatable bonds is 4. The van der Waals surface area contributed by atoms with Crippen molar-refractivity contribution >= 4 is 11.6 Å². The lowest BCUT2D eigenvalue weighted by Crippen LogP contribution is -2.40. The zero-order chi connectivity index (χ0) is 20.5. The quantitative estimate of drug-likeness (QED) is 0.657. The smallest absolute Gasteiger partial charge is 0.257 e. The third-order valence-corrected chi connectivity index (χ3v) is 5.78. The van der Waals surface area contributed by atoms with Crippen LogP contribution in [0, 0.1) is 5.82 Å². The van der Waals surface area contributed by atoms with Crippen molar-refractivity contribution in [3.63, 3.8) is 0 Å². The van der Waals surface area contributed by atoms with E-state index in [1.165, 1.54) is 28.3 Å². The zero-order valence-electron chi connectivity index (χ0n) is 16.5. The van der Waals surface area contributed by atoms with Gasteiger partial charge in [-0.2, -0.15) is 5.10 Å². The van der Waals surface area contributed by atoms with Crippen LogP contribution in [0.15, 0.2) is 76.4 Å². The molecule has 5 nitrogen and oxygen atoms in total. The van der Waals surface area contributed by atoms with Crippen LogP contribution in [-0.4, -0.2) is 34.6 Å². The number of fused-ring (bicyclic) bond motifs is 1. The minimum atomic E-state index is -0.293. The van der Waals surface area contributed by atoms with Crippen molar-refractivity contribution in [1.82, 2.24) is 9.91 Å². The van der Waals surface area contributed by atoms with Gasteiger partial charge in [-0.15, -0.1) is 0 Å². The van der Waals surface area contributed by atoms with E-state index in [1.807, 2.05) is 18.2 Å². The van der Waals surface area contributed by atoms with Crippen molar-refractivity contribution in [2.24, 2.45) is 5.10 Å². The Morgan fingerprint density at radius 1 is 1.07 bits per heavy atom. The lowest BCUT2D eigenvalue weighted by Gasteiger charge is -2.30. The first-order chi connectivity index (χ1) is 14.7. The Morgan fingerprint density at radius 2 is 1.87 bits per heavy atom. The van der Waals surface area contributed by atoms with Crippen LogP contribution in [0.4, 0.5) is 4.39 Å². The molecule has 1 unspecified atom stereocenters. The molecule has 0 bridgehead atoms. The van der Waals surface area contributed by atoms with Gasteiger partial charge >= 0.3 is 0 Å². The molecule has 2 aliphatic rings. The van der Waals surface area contributed by atoms with Crippen molar-refractivity contribution in [3.05, 3.63) is 95.2 Å². The number of halogens is 1. The van der Waals surface area contributed by atoms with Gasteiger partial charge in [0.25, 0.3) is 5.91 Å². The molecule has 0 radical (unpaired) electrons. The summed E-state index contributed by atoms with van der Waals surface area (Å²) in [6.45, 7) is 1.90. The Hall–Kier alpha value is -3.25. The fraction of sp³-hybridized carbons (Fsp3) is 0.250. The maximum absolute atomic E-state index is 13.3. The molecule has 1 amide bonds. The number of furan rings is 1. The number of benzene rings is 2. The molecule has 0 saturated heterocycles. The minimum absolute atomic E-state index is 0.0621. The Morgan fingerprint density at radius 3 is 2.63 bits per heavy atom. The fourth-order valence-electron chi connectivity index (χ4n) is 4.21. The summed E-state index contributed by atoms with van der Waals surface area (Å²) in [5.41, 5.74) is 4.20. The van der Waals surface area contributed by atoms with Gasteiger partial charge in [-0.1, -0.05) is 36.4 Å². The van der Waals surface area contributed by atoms with Crippen LogP contribution in [0.3, 0.4) is 0 Å². The van der Waals surface area contributed by atoms with Crippen LogP contribution < -0.4 is 0 Å². The maximum atomic E-state index is 13.3. The van der Waals surface area contributed by atoms with E-state index in [-0.39, 0.29) is 17.8 Å². The molecule has 3 aromatic rings. The van der Waals surface area contributed by atoms with Gasteiger partial charge in [0.05, 0.1) is 18.5 Å². The van der Waals surface area contributed by atoms with Crippen molar-refractivity contribution in [1.29, 1.82) is 0 Å². The average Bonchev–Trinajstić information content (AvgIpc) is 3.44. The predicted octanol–water partition coefficient (Wildman–Crippen LogP) is 4.15. The van der Waals surface area contributed by atoms with Gasteiger partial charge in [-0.3, -0.25) is 9.69 Å². The van der Waals surface area contributed by atoms with E-state index in [4.69, 9.17) is 4.42 Å². The third-order valence-electron chi connectivity index (χ3n) is 5.78. The van der Waals surface area contributed by atoms with Crippen LogP contribution in [0.2, 0.25) is 0 Å². The first-order valence-corrected chi connectivity index (χ1v) is 10.2. The van der Waals surface area contributed by atoms with E-state index < -0.39 is 0 Å². The summed E-state index contributed by atoms with van der Waals surface area (Å²) >= 11 is 0. The van der Waals surface area contributed by atoms with Crippen molar-refractivity contribution in [2.75, 3.05) is 13.1 Å². The summed E-state index contributed by atoms with van der Waals surface area (Å²) < 4.78 is 18.9. The third kappa shape index (κ3) is 3.66. The largest absolute Gasteiger partial charge is 0.467 e. The van der Waals surface area contributed by atoms with E-state index in [2.05, 4.69) is 28.2 Å². The number of hydrogen-bond donors (Lipinski definition) is 0. The van der Waals surface area contributed by atoms with E-state index >= 15 is 0 Å². The van der Waals surface area contributed by atoms with Gasteiger partial charge in [0.1, 0.15) is 17.6 Å². The second-order valence-corrected chi connectivity index (χ2v) is 7.76. The Balaban J connectivity index is 1.37. The van der Waals surface area contributed by atoms with Gasteiger partial charge in [0.2, 0.25) is 0 Å². The number of hydrazone groups is 1. The number of hydrogen-bond acceptors (Lipinski definition) is 4. The van der Waals surface area contributed by atoms with Crippen molar-refractivity contribution in [3.8, 4) is 0 Å². The fourth-order valence-corrected chi connectivity index (χ4v) is 4.21. The van der Waals surface area contributed by atoms with E-state index in [0.717, 1.165) is 30.8 Å². The van der Waals surface area contributed by atoms with Gasteiger partial charge in [0, 0.05) is 19.5 Å². The minimum Gasteiger partial charge on any atom is -0.467 e. The molecule has 0 saturated carbocycles. The Kier molecular flexibility index (Phi) is 4.93. The number of amides is 1. The molecule has 2 aromatic carbocycles. The molecule has 30 heavy (non-hydrogen) atoms. The highest BCUT2D eigenvalue weighted by atomic mass is 19.1. The highest BCUT2D eigenvalue weighted by molar-refractivity contribution is 6.03. The van der Waals surface area contributed by atoms with Crippen molar-refractivity contribution < 1.29 is 13.6 Å². The molecule has 1 aromatic heterocycles. The topological polar surface area (TPSA) is 49.1 Å². The molecule has 0 spiro atoms. The first-order valence-electron chi connectivity index (χ1n) is 10.2. The number of nitrogens with zero attached hydrogens (tertiary/aromatic N) is 3. The van der Waals surface area contributed by atoms with Crippen molar-refractivity contribution in [2.45, 2.75) is 25.4 Å². The second-order valence-electron chi connectivity index (χ2n) is 7.76. The summed E-state index contributed by atoms with van der Waals surface area (Å²) in [4.78, 5) is 15.4. The monoisotopic (exact) mass is 403 g/mol. The van der Waals surface area contributed by atoms with Crippen LogP contribution in [0.25, 0.3) is 0 Å². The van der Waals surface area contributed by atoms with Crippen LogP contribution in [0.1, 0.15) is 34.9 Å². The molecule has 2 aliphatic heterocycles. The molecule has 1 atom stereocenters. The van der Waals surface area contributed by atoms with E-state index in [0.29, 0.717) is 18.7 Å². The summed E-state index contributed by atoms with van der Waals surface area (Å²) in [7, 11) is 0.